The summed E-state index contributed by atoms with van der Waals surface area (Å²) in [4.78, 5) is 6.84. The summed E-state index contributed by atoms with van der Waals surface area (Å²) >= 11 is 0. The molecule has 2 aromatic rings. The Kier molecular flexibility index (Phi) is 6.87. The fourth-order valence-electron chi connectivity index (χ4n) is 3.61. The van der Waals surface area contributed by atoms with E-state index in [4.69, 9.17) is 4.52 Å². The Hall–Kier alpha value is -2.34. The molecule has 1 aliphatic heterocycles. The van der Waals surface area contributed by atoms with Crippen molar-refractivity contribution >= 4 is 5.96 Å². The normalized spacial score (nSPS) is 14.9. The van der Waals surface area contributed by atoms with Gasteiger partial charge in [0.05, 0.1) is 5.69 Å². The van der Waals surface area contributed by atoms with E-state index in [1.54, 1.807) is 0 Å². The molecular weight excluding hydrogens is 338 g/mol. The van der Waals surface area contributed by atoms with Gasteiger partial charge in [-0.2, -0.15) is 0 Å². The van der Waals surface area contributed by atoms with E-state index in [9.17, 15) is 0 Å². The molecule has 1 aromatic heterocycles. The first-order valence-electron chi connectivity index (χ1n) is 9.95. The highest BCUT2D eigenvalue weighted by molar-refractivity contribution is 5.79. The number of rotatable bonds is 7. The molecule has 0 atom stereocenters. The Morgan fingerprint density at radius 3 is 2.74 bits per heavy atom. The van der Waals surface area contributed by atoms with E-state index in [2.05, 4.69) is 63.8 Å². The number of hydrogen-bond donors (Lipinski definition) is 2. The van der Waals surface area contributed by atoms with E-state index < -0.39 is 0 Å². The quantitative estimate of drug-likeness (QED) is 0.580. The molecule has 6 heteroatoms. The van der Waals surface area contributed by atoms with Crippen molar-refractivity contribution in [2.75, 3.05) is 26.7 Å². The minimum absolute atomic E-state index is 0.687. The number of aromatic nitrogens is 1. The van der Waals surface area contributed by atoms with Crippen LogP contribution < -0.4 is 10.6 Å². The van der Waals surface area contributed by atoms with E-state index in [-0.39, 0.29) is 0 Å². The lowest BCUT2D eigenvalue weighted by atomic mass is 10.00. The smallest absolute Gasteiger partial charge is 0.191 e. The van der Waals surface area contributed by atoms with Crippen LogP contribution in [0.15, 0.2) is 33.8 Å². The molecule has 3 rings (SSSR count). The predicted octanol–water partition coefficient (Wildman–Crippen LogP) is 2.52. The highest BCUT2D eigenvalue weighted by Crippen LogP contribution is 2.18. The second kappa shape index (κ2) is 9.55. The standard InChI is InChI=1S/C21H31N5O/c1-4-19-18(20(5-2)27-25-19)14-24-21(22-3)23-11-13-26-12-10-16-8-6-7-9-17(16)15-26/h6-9H,4-5,10-15H2,1-3H3,(H2,22,23,24). The number of nitrogens with one attached hydrogen (secondary N) is 2. The third kappa shape index (κ3) is 4.89. The van der Waals surface area contributed by atoms with Crippen LogP contribution >= 0.6 is 0 Å². The molecule has 0 saturated heterocycles. The fraction of sp³-hybridized carbons (Fsp3) is 0.524. The van der Waals surface area contributed by atoms with Crippen LogP contribution in [-0.2, 0) is 32.4 Å². The van der Waals surface area contributed by atoms with Gasteiger partial charge in [0, 0.05) is 51.8 Å². The Morgan fingerprint density at radius 2 is 2.00 bits per heavy atom. The molecule has 0 bridgehead atoms. The molecular formula is C21H31N5O. The van der Waals surface area contributed by atoms with Gasteiger partial charge in [0.15, 0.2) is 5.96 Å². The van der Waals surface area contributed by atoms with Crippen LogP contribution in [0, 0.1) is 0 Å². The van der Waals surface area contributed by atoms with Gasteiger partial charge in [-0.25, -0.2) is 0 Å². The maximum Gasteiger partial charge on any atom is 0.191 e. The van der Waals surface area contributed by atoms with Crippen molar-refractivity contribution in [1.29, 1.82) is 0 Å². The van der Waals surface area contributed by atoms with Crippen LogP contribution in [-0.4, -0.2) is 42.7 Å². The summed E-state index contributed by atoms with van der Waals surface area (Å²) in [5.74, 6) is 1.78. The molecule has 146 valence electrons. The lowest BCUT2D eigenvalue weighted by molar-refractivity contribution is 0.258. The summed E-state index contributed by atoms with van der Waals surface area (Å²) in [7, 11) is 1.81. The van der Waals surface area contributed by atoms with Crippen molar-refractivity contribution < 1.29 is 4.52 Å². The molecule has 0 unspecified atom stereocenters. The van der Waals surface area contributed by atoms with Crippen molar-refractivity contribution in [1.82, 2.24) is 20.7 Å². The van der Waals surface area contributed by atoms with Crippen LogP contribution in [0.1, 0.15) is 42.0 Å². The van der Waals surface area contributed by atoms with Gasteiger partial charge in [-0.3, -0.25) is 9.89 Å². The third-order valence-corrected chi connectivity index (χ3v) is 5.19. The number of nitrogens with zero attached hydrogens (tertiary/aromatic N) is 3. The molecule has 0 saturated carbocycles. The zero-order chi connectivity index (χ0) is 19.1. The zero-order valence-electron chi connectivity index (χ0n) is 16.7. The second-order valence-corrected chi connectivity index (χ2v) is 6.89. The van der Waals surface area contributed by atoms with Gasteiger partial charge in [-0.05, 0) is 24.0 Å². The number of hydrogen-bond acceptors (Lipinski definition) is 4. The molecule has 2 N–H and O–H groups in total. The molecule has 1 aliphatic rings. The van der Waals surface area contributed by atoms with E-state index >= 15 is 0 Å². The van der Waals surface area contributed by atoms with E-state index in [1.807, 2.05) is 7.05 Å². The molecule has 1 aromatic carbocycles. The average Bonchev–Trinajstić information content (AvgIpc) is 3.12. The van der Waals surface area contributed by atoms with Gasteiger partial charge < -0.3 is 15.2 Å². The Balaban J connectivity index is 1.46. The Bertz CT molecular complexity index is 746. The first-order valence-corrected chi connectivity index (χ1v) is 9.95. The largest absolute Gasteiger partial charge is 0.361 e. The number of aryl methyl sites for hydroxylation is 2. The van der Waals surface area contributed by atoms with E-state index in [0.29, 0.717) is 6.54 Å². The minimum atomic E-state index is 0.687. The number of benzene rings is 1. The van der Waals surface area contributed by atoms with Crippen molar-refractivity contribution in [2.45, 2.75) is 46.2 Å². The van der Waals surface area contributed by atoms with Crippen molar-refractivity contribution in [3.63, 3.8) is 0 Å². The summed E-state index contributed by atoms with van der Waals surface area (Å²) in [6, 6.07) is 8.75. The summed E-state index contributed by atoms with van der Waals surface area (Å²) in [6.07, 6.45) is 2.87. The predicted molar refractivity (Wildman–Crippen MR) is 109 cm³/mol. The molecule has 0 spiro atoms. The minimum Gasteiger partial charge on any atom is -0.361 e. The lowest BCUT2D eigenvalue weighted by Gasteiger charge is -2.28. The van der Waals surface area contributed by atoms with Crippen LogP contribution in [0.4, 0.5) is 0 Å². The first-order chi connectivity index (χ1) is 13.2. The summed E-state index contributed by atoms with van der Waals surface area (Å²) in [5.41, 5.74) is 5.14. The van der Waals surface area contributed by atoms with Crippen LogP contribution in [0.25, 0.3) is 0 Å². The van der Waals surface area contributed by atoms with Crippen molar-refractivity contribution in [2.24, 2.45) is 4.99 Å². The average molecular weight is 370 g/mol. The van der Waals surface area contributed by atoms with Crippen molar-refractivity contribution in [3.8, 4) is 0 Å². The van der Waals surface area contributed by atoms with Crippen LogP contribution in [0.3, 0.4) is 0 Å². The monoisotopic (exact) mass is 369 g/mol. The number of aliphatic imine (C=N–C) groups is 1. The summed E-state index contributed by atoms with van der Waals surface area (Å²) in [5, 5.41) is 11.0. The Labute approximate surface area is 162 Å². The summed E-state index contributed by atoms with van der Waals surface area (Å²) in [6.45, 7) is 8.90. The third-order valence-electron chi connectivity index (χ3n) is 5.19. The van der Waals surface area contributed by atoms with Gasteiger partial charge in [0.2, 0.25) is 0 Å². The SMILES string of the molecule is CCc1noc(CC)c1CNC(=NC)NCCN1CCc2ccccc2C1. The van der Waals surface area contributed by atoms with E-state index in [0.717, 1.165) is 68.4 Å². The second-order valence-electron chi connectivity index (χ2n) is 6.89. The van der Waals surface area contributed by atoms with Gasteiger partial charge in [-0.15, -0.1) is 0 Å². The molecule has 27 heavy (non-hydrogen) atoms. The van der Waals surface area contributed by atoms with Gasteiger partial charge in [0.25, 0.3) is 0 Å². The van der Waals surface area contributed by atoms with Crippen LogP contribution in [0.5, 0.6) is 0 Å². The first kappa shape index (κ1) is 19.4. The molecule has 6 nitrogen and oxygen atoms in total. The highest BCUT2D eigenvalue weighted by Gasteiger charge is 2.16. The Morgan fingerprint density at radius 1 is 1.19 bits per heavy atom. The fourth-order valence-corrected chi connectivity index (χ4v) is 3.61. The summed E-state index contributed by atoms with van der Waals surface area (Å²) < 4.78 is 5.43. The maximum absolute atomic E-state index is 5.43. The number of fused-ring (bicyclic) bond motifs is 1. The molecule has 0 fully saturated rings. The van der Waals surface area contributed by atoms with Crippen molar-refractivity contribution in [3.05, 3.63) is 52.4 Å². The van der Waals surface area contributed by atoms with Gasteiger partial charge >= 0.3 is 0 Å². The molecule has 0 radical (unpaired) electrons. The zero-order valence-corrected chi connectivity index (χ0v) is 16.7. The highest BCUT2D eigenvalue weighted by atomic mass is 16.5. The van der Waals surface area contributed by atoms with E-state index in [1.165, 1.54) is 11.1 Å². The van der Waals surface area contributed by atoms with Gasteiger partial charge in [0.1, 0.15) is 5.76 Å². The van der Waals surface area contributed by atoms with Crippen LogP contribution in [0.2, 0.25) is 0 Å². The number of guanidine groups is 1. The van der Waals surface area contributed by atoms with Gasteiger partial charge in [-0.1, -0.05) is 43.3 Å². The molecule has 2 heterocycles. The lowest BCUT2D eigenvalue weighted by Crippen LogP contribution is -2.42. The molecule has 0 amide bonds. The topological polar surface area (TPSA) is 65.7 Å². The maximum atomic E-state index is 5.43. The molecule has 0 aliphatic carbocycles.